The molecule has 0 radical (unpaired) electrons. The second kappa shape index (κ2) is 8.33. The molecule has 0 aromatic heterocycles. The smallest absolute Gasteiger partial charge is 0.224 e. The lowest BCUT2D eigenvalue weighted by molar-refractivity contribution is -0.133. The minimum absolute atomic E-state index is 0.188. The van der Waals surface area contributed by atoms with Gasteiger partial charge in [-0.15, -0.1) is 0 Å². The summed E-state index contributed by atoms with van der Waals surface area (Å²) in [6.07, 6.45) is 5.33. The second-order valence-corrected chi connectivity index (χ2v) is 7.02. The number of nitrogens with two attached hydrogens (primary N) is 1. The minimum Gasteiger partial charge on any atom is -0.343 e. The first-order valence-electron chi connectivity index (χ1n) is 8.64. The zero-order valence-electron chi connectivity index (χ0n) is 14.0. The van der Waals surface area contributed by atoms with Gasteiger partial charge in [0.15, 0.2) is 0 Å². The third kappa shape index (κ3) is 5.13. The first-order chi connectivity index (χ1) is 10.6. The Hall–Kier alpha value is -1.35. The Morgan fingerprint density at radius 1 is 1.23 bits per heavy atom. The number of hydrogen-bond donors (Lipinski definition) is 1. The molecule has 1 heterocycles. The highest BCUT2D eigenvalue weighted by molar-refractivity contribution is 5.77. The number of nitrogens with zero attached hydrogens (tertiary/aromatic N) is 1. The topological polar surface area (TPSA) is 46.3 Å². The largest absolute Gasteiger partial charge is 0.343 e. The van der Waals surface area contributed by atoms with Gasteiger partial charge < -0.3 is 10.6 Å². The Bertz CT molecular complexity index is 450. The monoisotopic (exact) mass is 302 g/mol. The maximum absolute atomic E-state index is 12.4. The van der Waals surface area contributed by atoms with Crippen LogP contribution in [-0.2, 0) is 4.79 Å². The molecule has 1 aliphatic rings. The molecule has 22 heavy (non-hydrogen) atoms. The zero-order chi connectivity index (χ0) is 15.9. The van der Waals surface area contributed by atoms with Gasteiger partial charge in [0.1, 0.15) is 0 Å². The molecule has 3 nitrogen and oxygen atoms in total. The van der Waals surface area contributed by atoms with Crippen molar-refractivity contribution in [2.75, 3.05) is 13.1 Å². The number of rotatable bonds is 6. The molecular weight excluding hydrogens is 272 g/mol. The molecule has 1 amide bonds. The summed E-state index contributed by atoms with van der Waals surface area (Å²) in [6.45, 7) is 6.37. The average molecular weight is 302 g/mol. The van der Waals surface area contributed by atoms with Gasteiger partial charge in [0, 0.05) is 25.6 Å². The summed E-state index contributed by atoms with van der Waals surface area (Å²) in [7, 11) is 0. The van der Waals surface area contributed by atoms with Gasteiger partial charge in [-0.2, -0.15) is 0 Å². The molecule has 1 saturated heterocycles. The van der Waals surface area contributed by atoms with Crippen molar-refractivity contribution in [3.05, 3.63) is 35.9 Å². The molecule has 1 aromatic rings. The van der Waals surface area contributed by atoms with Crippen LogP contribution in [0.15, 0.2) is 30.3 Å². The Morgan fingerprint density at radius 3 is 2.45 bits per heavy atom. The zero-order valence-corrected chi connectivity index (χ0v) is 14.0. The first kappa shape index (κ1) is 17.0. The molecule has 1 aromatic carbocycles. The van der Waals surface area contributed by atoms with Gasteiger partial charge in [0.25, 0.3) is 0 Å². The molecular formula is C19H30N2O. The van der Waals surface area contributed by atoms with Crippen LogP contribution in [0, 0.1) is 11.8 Å². The van der Waals surface area contributed by atoms with Crippen molar-refractivity contribution in [3.8, 4) is 0 Å². The molecule has 0 saturated carbocycles. The van der Waals surface area contributed by atoms with E-state index in [0.29, 0.717) is 6.42 Å². The molecule has 0 aliphatic carbocycles. The molecule has 0 bridgehead atoms. The van der Waals surface area contributed by atoms with E-state index in [-0.39, 0.29) is 11.9 Å². The maximum Gasteiger partial charge on any atom is 0.224 e. The number of likely N-dealkylation sites (tertiary alicyclic amines) is 1. The lowest BCUT2D eigenvalue weighted by atomic mass is 9.89. The van der Waals surface area contributed by atoms with Gasteiger partial charge in [-0.3, -0.25) is 4.79 Å². The predicted octanol–water partition coefficient (Wildman–Crippen LogP) is 3.75. The number of carbonyl (C=O) groups is 1. The Kier molecular flexibility index (Phi) is 6.44. The van der Waals surface area contributed by atoms with E-state index >= 15 is 0 Å². The molecule has 2 N–H and O–H groups in total. The predicted molar refractivity (Wildman–Crippen MR) is 91.4 cm³/mol. The van der Waals surface area contributed by atoms with Gasteiger partial charge in [-0.25, -0.2) is 0 Å². The molecule has 3 heteroatoms. The van der Waals surface area contributed by atoms with Crippen LogP contribution in [0.5, 0.6) is 0 Å². The molecule has 1 unspecified atom stereocenters. The maximum atomic E-state index is 12.4. The summed E-state index contributed by atoms with van der Waals surface area (Å²) in [5.41, 5.74) is 7.21. The fourth-order valence-electron chi connectivity index (χ4n) is 3.18. The Labute approximate surface area is 134 Å². The first-order valence-corrected chi connectivity index (χ1v) is 8.64. The highest BCUT2D eigenvalue weighted by atomic mass is 16.2. The lowest BCUT2D eigenvalue weighted by Gasteiger charge is -2.33. The molecule has 0 spiro atoms. The van der Waals surface area contributed by atoms with Crippen molar-refractivity contribution in [1.29, 1.82) is 0 Å². The average Bonchev–Trinajstić information content (AvgIpc) is 2.54. The van der Waals surface area contributed by atoms with E-state index in [9.17, 15) is 4.79 Å². The van der Waals surface area contributed by atoms with E-state index in [0.717, 1.165) is 43.3 Å². The number of carbonyl (C=O) groups excluding carboxylic acids is 1. The standard InChI is InChI=1S/C19H30N2O/c1-15(2)8-9-16-10-12-21(13-11-16)19(22)14-18(20)17-6-4-3-5-7-17/h3-7,15-16,18H,8-14,20H2,1-2H3. The second-order valence-electron chi connectivity index (χ2n) is 7.02. The number of piperidine rings is 1. The minimum atomic E-state index is -0.188. The van der Waals surface area contributed by atoms with Crippen LogP contribution in [0.2, 0.25) is 0 Å². The normalized spacial score (nSPS) is 17.7. The van der Waals surface area contributed by atoms with Crippen molar-refractivity contribution >= 4 is 5.91 Å². The number of hydrogen-bond acceptors (Lipinski definition) is 2. The van der Waals surface area contributed by atoms with Gasteiger partial charge in [0.05, 0.1) is 0 Å². The number of amides is 1. The van der Waals surface area contributed by atoms with Crippen LogP contribution >= 0.6 is 0 Å². The lowest BCUT2D eigenvalue weighted by Crippen LogP contribution is -2.39. The van der Waals surface area contributed by atoms with Crippen LogP contribution < -0.4 is 5.73 Å². The third-order valence-electron chi connectivity index (χ3n) is 4.74. The fraction of sp³-hybridized carbons (Fsp3) is 0.632. The molecule has 1 atom stereocenters. The number of benzene rings is 1. The van der Waals surface area contributed by atoms with E-state index in [2.05, 4.69) is 13.8 Å². The van der Waals surface area contributed by atoms with Gasteiger partial charge >= 0.3 is 0 Å². The summed E-state index contributed by atoms with van der Waals surface area (Å²) >= 11 is 0. The van der Waals surface area contributed by atoms with E-state index in [1.807, 2.05) is 35.2 Å². The summed E-state index contributed by atoms with van der Waals surface area (Å²) in [6, 6.07) is 9.72. The van der Waals surface area contributed by atoms with E-state index in [4.69, 9.17) is 5.73 Å². The summed E-state index contributed by atoms with van der Waals surface area (Å²) in [5, 5.41) is 0. The van der Waals surface area contributed by atoms with Crippen LogP contribution in [0.3, 0.4) is 0 Å². The Morgan fingerprint density at radius 2 is 1.86 bits per heavy atom. The molecule has 1 aliphatic heterocycles. The van der Waals surface area contributed by atoms with Crippen molar-refractivity contribution in [1.82, 2.24) is 4.90 Å². The van der Waals surface area contributed by atoms with Crippen molar-refractivity contribution < 1.29 is 4.79 Å². The van der Waals surface area contributed by atoms with E-state index in [1.165, 1.54) is 12.8 Å². The van der Waals surface area contributed by atoms with Crippen LogP contribution in [0.4, 0.5) is 0 Å². The molecule has 1 fully saturated rings. The Balaban J connectivity index is 1.75. The van der Waals surface area contributed by atoms with Gasteiger partial charge in [-0.1, -0.05) is 57.0 Å². The highest BCUT2D eigenvalue weighted by Gasteiger charge is 2.24. The van der Waals surface area contributed by atoms with Crippen LogP contribution in [0.25, 0.3) is 0 Å². The van der Waals surface area contributed by atoms with Crippen molar-refractivity contribution in [3.63, 3.8) is 0 Å². The van der Waals surface area contributed by atoms with Crippen molar-refractivity contribution in [2.45, 2.75) is 52.0 Å². The fourth-order valence-corrected chi connectivity index (χ4v) is 3.18. The van der Waals surface area contributed by atoms with Gasteiger partial charge in [0.2, 0.25) is 5.91 Å². The SMILES string of the molecule is CC(C)CCC1CCN(C(=O)CC(N)c2ccccc2)CC1. The summed E-state index contributed by atoms with van der Waals surface area (Å²) in [4.78, 5) is 14.4. The molecule has 2 rings (SSSR count). The quantitative estimate of drug-likeness (QED) is 0.870. The van der Waals surface area contributed by atoms with Crippen LogP contribution in [-0.4, -0.2) is 23.9 Å². The summed E-state index contributed by atoms with van der Waals surface area (Å²) in [5.74, 6) is 1.79. The van der Waals surface area contributed by atoms with E-state index in [1.54, 1.807) is 0 Å². The van der Waals surface area contributed by atoms with Crippen molar-refractivity contribution in [2.24, 2.45) is 17.6 Å². The summed E-state index contributed by atoms with van der Waals surface area (Å²) < 4.78 is 0. The van der Waals surface area contributed by atoms with Crippen LogP contribution in [0.1, 0.15) is 57.6 Å². The van der Waals surface area contributed by atoms with Gasteiger partial charge in [-0.05, 0) is 30.2 Å². The van der Waals surface area contributed by atoms with E-state index < -0.39 is 0 Å². The molecule has 122 valence electrons. The third-order valence-corrected chi connectivity index (χ3v) is 4.74. The highest BCUT2D eigenvalue weighted by Crippen LogP contribution is 2.25.